The lowest BCUT2D eigenvalue weighted by atomic mass is 10.1. The van der Waals surface area contributed by atoms with Crippen molar-refractivity contribution in [3.05, 3.63) is 50.1 Å². The summed E-state index contributed by atoms with van der Waals surface area (Å²) in [6, 6.07) is 4.20. The summed E-state index contributed by atoms with van der Waals surface area (Å²) in [5, 5.41) is 6.82. The summed E-state index contributed by atoms with van der Waals surface area (Å²) >= 11 is 11.9. The van der Waals surface area contributed by atoms with Crippen LogP contribution in [0.1, 0.15) is 17.4 Å². The maximum absolute atomic E-state index is 12.1. The molecule has 0 bridgehead atoms. The van der Waals surface area contributed by atoms with Crippen molar-refractivity contribution in [2.75, 3.05) is 14.2 Å². The van der Waals surface area contributed by atoms with Crippen LogP contribution in [0.5, 0.6) is 0 Å². The van der Waals surface area contributed by atoms with Crippen LogP contribution in [0.2, 0.25) is 10.0 Å². The average molecular weight is 345 g/mol. The van der Waals surface area contributed by atoms with Gasteiger partial charge in [0.15, 0.2) is 0 Å². The largest absolute Gasteiger partial charge is 0.468 e. The minimum atomic E-state index is -0.708. The van der Waals surface area contributed by atoms with Crippen LogP contribution in [0.15, 0.2) is 23.0 Å². The van der Waals surface area contributed by atoms with Gasteiger partial charge >= 0.3 is 11.7 Å². The van der Waals surface area contributed by atoms with E-state index in [1.165, 1.54) is 7.11 Å². The Morgan fingerprint density at radius 1 is 1.41 bits per heavy atom. The van der Waals surface area contributed by atoms with Gasteiger partial charge in [0.05, 0.1) is 23.7 Å². The second kappa shape index (κ2) is 6.95. The van der Waals surface area contributed by atoms with E-state index in [0.717, 1.165) is 0 Å². The van der Waals surface area contributed by atoms with Crippen LogP contribution in [0.25, 0.3) is 0 Å². The molecule has 1 aromatic carbocycles. The van der Waals surface area contributed by atoms with Crippen LogP contribution in [-0.2, 0) is 16.1 Å². The van der Waals surface area contributed by atoms with E-state index in [2.05, 4.69) is 15.2 Å². The van der Waals surface area contributed by atoms with Gasteiger partial charge in [0.1, 0.15) is 11.9 Å². The molecule has 1 aromatic heterocycles. The quantitative estimate of drug-likeness (QED) is 0.806. The fourth-order valence-corrected chi connectivity index (χ4v) is 2.38. The first kappa shape index (κ1) is 16.5. The first-order valence-electron chi connectivity index (χ1n) is 6.29. The normalized spacial score (nSPS) is 12.4. The van der Waals surface area contributed by atoms with Gasteiger partial charge in [0.2, 0.25) is 0 Å². The van der Waals surface area contributed by atoms with E-state index < -0.39 is 17.7 Å². The zero-order valence-corrected chi connectivity index (χ0v) is 13.4. The van der Waals surface area contributed by atoms with Crippen molar-refractivity contribution in [3.63, 3.8) is 0 Å². The molecule has 0 saturated heterocycles. The molecule has 2 rings (SSSR count). The van der Waals surface area contributed by atoms with Gasteiger partial charge in [-0.1, -0.05) is 29.3 Å². The number of aromatic amines is 2. The van der Waals surface area contributed by atoms with Crippen LogP contribution in [0.4, 0.5) is 0 Å². The molecule has 0 spiro atoms. The van der Waals surface area contributed by atoms with Crippen molar-refractivity contribution in [2.45, 2.75) is 12.6 Å². The number of nitrogens with one attached hydrogen (secondary N) is 2. The highest BCUT2D eigenvalue weighted by atomic mass is 35.5. The lowest BCUT2D eigenvalue weighted by Gasteiger charge is -2.25. The van der Waals surface area contributed by atoms with Crippen molar-refractivity contribution in [1.29, 1.82) is 0 Å². The molecule has 0 aliphatic heterocycles. The van der Waals surface area contributed by atoms with Gasteiger partial charge in [0, 0.05) is 0 Å². The van der Waals surface area contributed by atoms with Crippen molar-refractivity contribution in [1.82, 2.24) is 20.1 Å². The maximum atomic E-state index is 12.1. The zero-order chi connectivity index (χ0) is 16.3. The number of halogens is 2. The van der Waals surface area contributed by atoms with E-state index in [0.29, 0.717) is 21.4 Å². The van der Waals surface area contributed by atoms with Gasteiger partial charge in [-0.3, -0.25) is 9.88 Å². The Bertz CT molecular complexity index is 728. The first-order chi connectivity index (χ1) is 10.4. The van der Waals surface area contributed by atoms with Gasteiger partial charge in [-0.15, -0.1) is 0 Å². The van der Waals surface area contributed by atoms with Gasteiger partial charge in [-0.25, -0.2) is 14.7 Å². The first-order valence-corrected chi connectivity index (χ1v) is 7.04. The van der Waals surface area contributed by atoms with E-state index >= 15 is 0 Å². The summed E-state index contributed by atoms with van der Waals surface area (Å²) < 4.78 is 4.84. The van der Waals surface area contributed by atoms with E-state index in [1.54, 1.807) is 30.1 Å². The molecule has 0 fully saturated rings. The molecule has 0 saturated carbocycles. The molecule has 1 heterocycles. The van der Waals surface area contributed by atoms with E-state index in [4.69, 9.17) is 27.9 Å². The van der Waals surface area contributed by atoms with Crippen LogP contribution >= 0.6 is 23.2 Å². The number of esters is 1. The standard InChI is InChI=1S/C13H14Cl2N4O3/c1-19(6-10-16-13(21)18-17-10)11(12(20)22-2)7-3-4-8(14)9(15)5-7/h3-5,11H,6H2,1-2H3,(H2,16,17,18,21)/t11-/m1/s1. The lowest BCUT2D eigenvalue weighted by Crippen LogP contribution is -2.32. The van der Waals surface area contributed by atoms with Gasteiger partial charge in [-0.05, 0) is 24.7 Å². The Balaban J connectivity index is 2.30. The number of methoxy groups -OCH3 is 1. The minimum Gasteiger partial charge on any atom is -0.468 e. The van der Waals surface area contributed by atoms with Crippen molar-refractivity contribution < 1.29 is 9.53 Å². The van der Waals surface area contributed by atoms with Crippen molar-refractivity contribution in [2.24, 2.45) is 0 Å². The average Bonchev–Trinajstić information content (AvgIpc) is 2.88. The van der Waals surface area contributed by atoms with Crippen LogP contribution in [0.3, 0.4) is 0 Å². The summed E-state index contributed by atoms with van der Waals surface area (Å²) in [6.07, 6.45) is 0. The number of aromatic nitrogens is 3. The number of nitrogens with zero attached hydrogens (tertiary/aromatic N) is 2. The summed E-state index contributed by atoms with van der Waals surface area (Å²) in [4.78, 5) is 27.4. The number of likely N-dealkylation sites (N-methyl/N-ethyl adjacent to an activating group) is 1. The van der Waals surface area contributed by atoms with Gasteiger partial charge in [-0.2, -0.15) is 5.10 Å². The van der Waals surface area contributed by atoms with E-state index in [-0.39, 0.29) is 6.54 Å². The molecular weight excluding hydrogens is 331 g/mol. The lowest BCUT2D eigenvalue weighted by molar-refractivity contribution is -0.147. The number of H-pyrrole nitrogens is 2. The molecule has 1 atom stereocenters. The molecule has 0 amide bonds. The fourth-order valence-electron chi connectivity index (χ4n) is 2.07. The second-order valence-electron chi connectivity index (χ2n) is 4.64. The summed E-state index contributed by atoms with van der Waals surface area (Å²) in [5.41, 5.74) is 0.217. The molecule has 2 N–H and O–H groups in total. The molecule has 9 heteroatoms. The number of carbonyl (C=O) groups excluding carboxylic acids is 1. The molecule has 0 aliphatic rings. The molecule has 2 aromatic rings. The number of carbonyl (C=O) groups is 1. The Morgan fingerprint density at radius 2 is 2.14 bits per heavy atom. The van der Waals surface area contributed by atoms with E-state index in [9.17, 15) is 9.59 Å². The molecule has 22 heavy (non-hydrogen) atoms. The summed E-state index contributed by atoms with van der Waals surface area (Å²) in [7, 11) is 3.01. The van der Waals surface area contributed by atoms with Crippen LogP contribution in [-0.4, -0.2) is 40.2 Å². The highest BCUT2D eigenvalue weighted by Gasteiger charge is 2.27. The molecule has 7 nitrogen and oxygen atoms in total. The van der Waals surface area contributed by atoms with Gasteiger partial charge in [0.25, 0.3) is 0 Å². The predicted octanol–water partition coefficient (Wildman–Crippen LogP) is 1.75. The third-order valence-corrected chi connectivity index (χ3v) is 3.81. The number of benzene rings is 1. The number of hydrogen-bond donors (Lipinski definition) is 2. The van der Waals surface area contributed by atoms with Crippen LogP contribution in [0, 0.1) is 0 Å². The highest BCUT2D eigenvalue weighted by Crippen LogP contribution is 2.29. The predicted molar refractivity (Wildman–Crippen MR) is 81.9 cm³/mol. The third-order valence-electron chi connectivity index (χ3n) is 3.07. The van der Waals surface area contributed by atoms with Crippen LogP contribution < -0.4 is 5.69 Å². The minimum absolute atomic E-state index is 0.235. The number of hydrogen-bond acceptors (Lipinski definition) is 5. The Kier molecular flexibility index (Phi) is 5.23. The molecule has 0 unspecified atom stereocenters. The third kappa shape index (κ3) is 3.68. The Labute approximate surface area is 136 Å². The Morgan fingerprint density at radius 3 is 2.68 bits per heavy atom. The number of rotatable bonds is 5. The van der Waals surface area contributed by atoms with Crippen molar-refractivity contribution >= 4 is 29.2 Å². The number of ether oxygens (including phenoxy) is 1. The van der Waals surface area contributed by atoms with Crippen molar-refractivity contribution in [3.8, 4) is 0 Å². The summed E-state index contributed by atoms with van der Waals surface area (Å²) in [6.45, 7) is 0.235. The fraction of sp³-hybridized carbons (Fsp3) is 0.308. The molecular formula is C13H14Cl2N4O3. The molecule has 0 aliphatic carbocycles. The topological polar surface area (TPSA) is 91.1 Å². The van der Waals surface area contributed by atoms with Gasteiger partial charge < -0.3 is 4.74 Å². The second-order valence-corrected chi connectivity index (χ2v) is 5.45. The van der Waals surface area contributed by atoms with E-state index in [1.807, 2.05) is 0 Å². The molecule has 118 valence electrons. The smallest absolute Gasteiger partial charge is 0.340 e. The zero-order valence-electron chi connectivity index (χ0n) is 11.9. The SMILES string of the molecule is COC(=O)[C@@H](c1ccc(Cl)c(Cl)c1)N(C)Cc1n[nH]c(=O)[nH]1. The maximum Gasteiger partial charge on any atom is 0.340 e. The summed E-state index contributed by atoms with van der Waals surface area (Å²) in [5.74, 6) is -0.0553. The Hall–Kier alpha value is -1.83. The highest BCUT2D eigenvalue weighted by molar-refractivity contribution is 6.42. The molecule has 0 radical (unpaired) electrons. The monoisotopic (exact) mass is 344 g/mol.